The van der Waals surface area contributed by atoms with Crippen LogP contribution in [0.3, 0.4) is 0 Å². The maximum absolute atomic E-state index is 12.5. The molecule has 1 saturated heterocycles. The zero-order valence-corrected chi connectivity index (χ0v) is 18.3. The Morgan fingerprint density at radius 1 is 1.10 bits per heavy atom. The molecule has 1 heterocycles. The molecule has 2 N–H and O–H groups in total. The van der Waals surface area contributed by atoms with E-state index in [-0.39, 0.29) is 19.2 Å². The Bertz CT molecular complexity index is 920. The molecule has 1 fully saturated rings. The first-order valence-corrected chi connectivity index (χ1v) is 10.6. The van der Waals surface area contributed by atoms with Crippen molar-refractivity contribution in [3.63, 3.8) is 0 Å². The monoisotopic (exact) mass is 473 g/mol. The van der Waals surface area contributed by atoms with E-state index in [1.54, 1.807) is 23.1 Å². The van der Waals surface area contributed by atoms with Crippen LogP contribution in [0.25, 0.3) is 0 Å². The number of nitrogens with zero attached hydrogens (tertiary/aromatic N) is 1. The van der Waals surface area contributed by atoms with Crippen molar-refractivity contribution in [3.05, 3.63) is 58.6 Å². The fourth-order valence-electron chi connectivity index (χ4n) is 3.25. The van der Waals surface area contributed by atoms with Crippen LogP contribution in [0.1, 0.15) is 18.4 Å². The van der Waals surface area contributed by atoms with Gasteiger partial charge in [0.05, 0.1) is 5.92 Å². The third-order valence-electron chi connectivity index (χ3n) is 4.85. The zero-order chi connectivity index (χ0) is 21.5. The summed E-state index contributed by atoms with van der Waals surface area (Å²) in [5.41, 5.74) is 2.33. The van der Waals surface area contributed by atoms with Gasteiger partial charge in [-0.1, -0.05) is 34.1 Å². The molecule has 158 valence electrons. The minimum absolute atomic E-state index is 0.248. The molecular formula is C22H24BrN3O4. The molecule has 1 aliphatic heterocycles. The molecule has 0 saturated carbocycles. The number of carbonyl (C=O) groups is 3. The van der Waals surface area contributed by atoms with E-state index in [0.717, 1.165) is 10.0 Å². The van der Waals surface area contributed by atoms with Crippen molar-refractivity contribution in [1.82, 2.24) is 4.90 Å². The SMILES string of the molecule is Cc1cc(NC(=O)COC(=O)C2CCCN(C(=O)Nc3ccccc3)C2)ccc1Br. The fraction of sp³-hybridized carbons (Fsp3) is 0.318. The molecule has 0 bridgehead atoms. The van der Waals surface area contributed by atoms with Crippen LogP contribution in [-0.4, -0.2) is 42.5 Å². The molecular weight excluding hydrogens is 450 g/mol. The van der Waals surface area contributed by atoms with Crippen molar-refractivity contribution >= 4 is 45.2 Å². The van der Waals surface area contributed by atoms with Gasteiger partial charge in [-0.25, -0.2) is 4.79 Å². The van der Waals surface area contributed by atoms with Crippen molar-refractivity contribution in [3.8, 4) is 0 Å². The number of hydrogen-bond acceptors (Lipinski definition) is 4. The highest BCUT2D eigenvalue weighted by molar-refractivity contribution is 9.10. The van der Waals surface area contributed by atoms with Gasteiger partial charge < -0.3 is 20.3 Å². The normalized spacial score (nSPS) is 15.9. The summed E-state index contributed by atoms with van der Waals surface area (Å²) >= 11 is 3.41. The molecule has 3 amide bonds. The molecule has 1 unspecified atom stereocenters. The summed E-state index contributed by atoms with van der Waals surface area (Å²) in [5, 5.41) is 5.54. The van der Waals surface area contributed by atoms with E-state index >= 15 is 0 Å². The molecule has 1 aliphatic rings. The Balaban J connectivity index is 1.47. The Labute approximate surface area is 183 Å². The van der Waals surface area contributed by atoms with Gasteiger partial charge >= 0.3 is 12.0 Å². The van der Waals surface area contributed by atoms with E-state index in [1.807, 2.05) is 37.3 Å². The van der Waals surface area contributed by atoms with Crippen LogP contribution in [0.15, 0.2) is 53.0 Å². The first-order valence-electron chi connectivity index (χ1n) is 9.76. The Hall–Kier alpha value is -2.87. The number of esters is 1. The molecule has 0 aliphatic carbocycles. The van der Waals surface area contributed by atoms with Gasteiger partial charge in [0.1, 0.15) is 0 Å². The Kier molecular flexibility index (Phi) is 7.46. The van der Waals surface area contributed by atoms with Crippen LogP contribution in [0, 0.1) is 12.8 Å². The molecule has 2 aromatic rings. The van der Waals surface area contributed by atoms with Crippen LogP contribution >= 0.6 is 15.9 Å². The lowest BCUT2D eigenvalue weighted by atomic mass is 9.98. The number of hydrogen-bond donors (Lipinski definition) is 2. The highest BCUT2D eigenvalue weighted by Gasteiger charge is 2.30. The van der Waals surface area contributed by atoms with Crippen LogP contribution in [0.2, 0.25) is 0 Å². The number of halogens is 1. The predicted octanol–water partition coefficient (Wildman–Crippen LogP) is 4.18. The van der Waals surface area contributed by atoms with Crippen LogP contribution in [0.4, 0.5) is 16.2 Å². The lowest BCUT2D eigenvalue weighted by molar-refractivity contribution is -0.152. The van der Waals surface area contributed by atoms with Gasteiger partial charge in [-0.15, -0.1) is 0 Å². The number of carbonyl (C=O) groups excluding carboxylic acids is 3. The third-order valence-corrected chi connectivity index (χ3v) is 5.74. The number of rotatable bonds is 5. The van der Waals surface area contributed by atoms with Gasteiger partial charge in [0.25, 0.3) is 5.91 Å². The third kappa shape index (κ3) is 6.06. The standard InChI is InChI=1S/C22H24BrN3O4/c1-15-12-18(9-10-19(15)23)24-20(27)14-30-21(28)16-6-5-11-26(13-16)22(29)25-17-7-3-2-4-8-17/h2-4,7-10,12,16H,5-6,11,13-14H2,1H3,(H,24,27)(H,25,29). The molecule has 30 heavy (non-hydrogen) atoms. The zero-order valence-electron chi connectivity index (χ0n) is 16.7. The molecule has 3 rings (SSSR count). The molecule has 0 aromatic heterocycles. The number of anilines is 2. The van der Waals surface area contributed by atoms with Gasteiger partial charge in [0.2, 0.25) is 0 Å². The molecule has 0 spiro atoms. The fourth-order valence-corrected chi connectivity index (χ4v) is 3.50. The summed E-state index contributed by atoms with van der Waals surface area (Å²) in [6.45, 7) is 2.40. The number of para-hydroxylation sites is 1. The summed E-state index contributed by atoms with van der Waals surface area (Å²) in [7, 11) is 0. The summed E-state index contributed by atoms with van der Waals surface area (Å²) in [5.74, 6) is -1.31. The highest BCUT2D eigenvalue weighted by atomic mass is 79.9. The van der Waals surface area contributed by atoms with Crippen molar-refractivity contribution in [1.29, 1.82) is 0 Å². The van der Waals surface area contributed by atoms with E-state index in [4.69, 9.17) is 4.74 Å². The molecule has 7 nitrogen and oxygen atoms in total. The van der Waals surface area contributed by atoms with Gasteiger partial charge in [0.15, 0.2) is 6.61 Å². The van der Waals surface area contributed by atoms with E-state index in [0.29, 0.717) is 30.8 Å². The van der Waals surface area contributed by atoms with Gasteiger partial charge in [-0.05, 0) is 55.7 Å². The van der Waals surface area contributed by atoms with Crippen LogP contribution < -0.4 is 10.6 Å². The van der Waals surface area contributed by atoms with E-state index in [9.17, 15) is 14.4 Å². The number of aryl methyl sites for hydroxylation is 1. The second kappa shape index (κ2) is 10.2. The van der Waals surface area contributed by atoms with Gasteiger partial charge in [0, 0.05) is 28.9 Å². The molecule has 1 atom stereocenters. The Morgan fingerprint density at radius 2 is 1.87 bits per heavy atom. The number of benzene rings is 2. The Morgan fingerprint density at radius 3 is 2.60 bits per heavy atom. The maximum atomic E-state index is 12.5. The lowest BCUT2D eigenvalue weighted by Gasteiger charge is -2.31. The summed E-state index contributed by atoms with van der Waals surface area (Å²) < 4.78 is 6.15. The topological polar surface area (TPSA) is 87.7 Å². The number of amides is 3. The number of nitrogens with one attached hydrogen (secondary N) is 2. The summed E-state index contributed by atoms with van der Waals surface area (Å²) in [6.07, 6.45) is 1.33. The smallest absolute Gasteiger partial charge is 0.321 e. The van der Waals surface area contributed by atoms with E-state index in [1.165, 1.54) is 0 Å². The number of likely N-dealkylation sites (tertiary alicyclic amines) is 1. The van der Waals surface area contributed by atoms with Crippen molar-refractivity contribution in [2.45, 2.75) is 19.8 Å². The average molecular weight is 474 g/mol. The highest BCUT2D eigenvalue weighted by Crippen LogP contribution is 2.21. The molecule has 8 heteroatoms. The minimum Gasteiger partial charge on any atom is -0.455 e. The van der Waals surface area contributed by atoms with Crippen LogP contribution in [-0.2, 0) is 14.3 Å². The first kappa shape index (κ1) is 21.8. The van der Waals surface area contributed by atoms with Crippen molar-refractivity contribution < 1.29 is 19.1 Å². The second-order valence-corrected chi connectivity index (χ2v) is 8.06. The largest absolute Gasteiger partial charge is 0.455 e. The minimum atomic E-state index is -0.464. The maximum Gasteiger partial charge on any atom is 0.321 e. The van der Waals surface area contributed by atoms with Gasteiger partial charge in [-0.3, -0.25) is 9.59 Å². The first-order chi connectivity index (χ1) is 14.4. The summed E-state index contributed by atoms with van der Waals surface area (Å²) in [6, 6.07) is 14.3. The number of urea groups is 1. The van der Waals surface area contributed by atoms with Gasteiger partial charge in [-0.2, -0.15) is 0 Å². The van der Waals surface area contributed by atoms with E-state index in [2.05, 4.69) is 26.6 Å². The summed E-state index contributed by atoms with van der Waals surface area (Å²) in [4.78, 5) is 38.6. The average Bonchev–Trinajstić information content (AvgIpc) is 2.75. The van der Waals surface area contributed by atoms with E-state index < -0.39 is 17.8 Å². The quantitative estimate of drug-likeness (QED) is 0.637. The molecule has 0 radical (unpaired) electrons. The van der Waals surface area contributed by atoms with Crippen molar-refractivity contribution in [2.75, 3.05) is 30.3 Å². The second-order valence-electron chi connectivity index (χ2n) is 7.20. The van der Waals surface area contributed by atoms with Crippen LogP contribution in [0.5, 0.6) is 0 Å². The number of piperidine rings is 1. The van der Waals surface area contributed by atoms with Crippen molar-refractivity contribution in [2.24, 2.45) is 5.92 Å². The molecule has 2 aromatic carbocycles. The number of ether oxygens (including phenoxy) is 1. The predicted molar refractivity (Wildman–Crippen MR) is 118 cm³/mol. The lowest BCUT2D eigenvalue weighted by Crippen LogP contribution is -2.45.